The highest BCUT2D eigenvalue weighted by atomic mass is 35.5. The Bertz CT molecular complexity index is 778. The zero-order valence-electron chi connectivity index (χ0n) is 10.1. The number of imidazole rings is 1. The molecule has 0 unspecified atom stereocenters. The molecule has 3 rings (SSSR count). The zero-order chi connectivity index (χ0) is 14.3. The number of halogens is 4. The van der Waals surface area contributed by atoms with Crippen molar-refractivity contribution in [3.63, 3.8) is 0 Å². The average molecular weight is 346 g/mol. The molecule has 2 nitrogen and oxygen atoms in total. The van der Waals surface area contributed by atoms with Crippen molar-refractivity contribution in [2.45, 2.75) is 6.54 Å². The molecule has 0 aliphatic rings. The maximum atomic E-state index is 6.19. The second-order valence-electron chi connectivity index (χ2n) is 4.35. The van der Waals surface area contributed by atoms with E-state index < -0.39 is 0 Å². The van der Waals surface area contributed by atoms with E-state index >= 15 is 0 Å². The molecular formula is C14H8Cl4N2. The van der Waals surface area contributed by atoms with Crippen LogP contribution >= 0.6 is 46.4 Å². The molecule has 1 heterocycles. The Balaban J connectivity index is 2.08. The van der Waals surface area contributed by atoms with Crippen LogP contribution in [-0.2, 0) is 6.54 Å². The van der Waals surface area contributed by atoms with E-state index in [0.717, 1.165) is 16.6 Å². The topological polar surface area (TPSA) is 17.8 Å². The van der Waals surface area contributed by atoms with Crippen molar-refractivity contribution in [1.82, 2.24) is 9.55 Å². The fourth-order valence-corrected chi connectivity index (χ4v) is 2.70. The Morgan fingerprint density at radius 3 is 2.25 bits per heavy atom. The lowest BCUT2D eigenvalue weighted by Gasteiger charge is -2.06. The van der Waals surface area contributed by atoms with Gasteiger partial charge in [0.2, 0.25) is 5.28 Å². The van der Waals surface area contributed by atoms with Gasteiger partial charge in [-0.15, -0.1) is 0 Å². The SMILES string of the molecule is Clc1ccc(Cn2c(Cl)nc3cc(Cl)c(Cl)cc32)cc1. The molecule has 3 aromatic rings. The minimum absolute atomic E-state index is 0.397. The molecule has 6 heteroatoms. The minimum atomic E-state index is 0.397. The molecule has 2 aromatic carbocycles. The summed E-state index contributed by atoms with van der Waals surface area (Å²) in [5.74, 6) is 0. The highest BCUT2D eigenvalue weighted by molar-refractivity contribution is 6.42. The van der Waals surface area contributed by atoms with Crippen molar-refractivity contribution < 1.29 is 0 Å². The van der Waals surface area contributed by atoms with Crippen LogP contribution in [0.25, 0.3) is 11.0 Å². The molecule has 0 aliphatic heterocycles. The molecule has 0 radical (unpaired) electrons. The number of benzene rings is 2. The van der Waals surface area contributed by atoms with E-state index in [-0.39, 0.29) is 0 Å². The summed E-state index contributed by atoms with van der Waals surface area (Å²) in [4.78, 5) is 4.29. The Morgan fingerprint density at radius 2 is 1.55 bits per heavy atom. The number of nitrogens with zero attached hydrogens (tertiary/aromatic N) is 2. The summed E-state index contributed by atoms with van der Waals surface area (Å²) >= 11 is 24.1. The Hall–Kier alpha value is -0.930. The van der Waals surface area contributed by atoms with Gasteiger partial charge in [0.25, 0.3) is 0 Å². The number of hydrogen-bond donors (Lipinski definition) is 0. The standard InChI is InChI=1S/C14H8Cl4N2/c15-9-3-1-8(2-4-9)7-20-13-6-11(17)10(16)5-12(13)19-14(20)18/h1-6H,7H2. The van der Waals surface area contributed by atoms with Crippen LogP contribution in [0.3, 0.4) is 0 Å². The van der Waals surface area contributed by atoms with E-state index in [1.54, 1.807) is 12.1 Å². The van der Waals surface area contributed by atoms with Crippen LogP contribution in [0.1, 0.15) is 5.56 Å². The predicted molar refractivity (Wildman–Crippen MR) is 85.3 cm³/mol. The van der Waals surface area contributed by atoms with Gasteiger partial charge in [0, 0.05) is 5.02 Å². The predicted octanol–water partition coefficient (Wildman–Crippen LogP) is 5.70. The molecule has 0 fully saturated rings. The van der Waals surface area contributed by atoms with Crippen LogP contribution < -0.4 is 0 Å². The summed E-state index contributed by atoms with van der Waals surface area (Å²) in [5.41, 5.74) is 2.64. The molecule has 0 aliphatic carbocycles. The fourth-order valence-electron chi connectivity index (χ4n) is 2.01. The van der Waals surface area contributed by atoms with Crippen molar-refractivity contribution in [3.8, 4) is 0 Å². The largest absolute Gasteiger partial charge is 0.310 e. The Morgan fingerprint density at radius 1 is 0.900 bits per heavy atom. The van der Waals surface area contributed by atoms with Gasteiger partial charge < -0.3 is 4.57 Å². The van der Waals surface area contributed by atoms with Gasteiger partial charge in [0.1, 0.15) is 0 Å². The molecule has 0 atom stereocenters. The van der Waals surface area contributed by atoms with Gasteiger partial charge >= 0.3 is 0 Å². The first-order valence-electron chi connectivity index (χ1n) is 5.80. The maximum Gasteiger partial charge on any atom is 0.204 e. The number of aromatic nitrogens is 2. The summed E-state index contributed by atoms with van der Waals surface area (Å²) in [7, 11) is 0. The molecule has 0 bridgehead atoms. The third kappa shape index (κ3) is 2.61. The van der Waals surface area contributed by atoms with E-state index in [1.165, 1.54) is 0 Å². The first-order valence-corrected chi connectivity index (χ1v) is 7.31. The van der Waals surface area contributed by atoms with Crippen molar-refractivity contribution in [2.24, 2.45) is 0 Å². The molecule has 0 saturated heterocycles. The lowest BCUT2D eigenvalue weighted by Crippen LogP contribution is -1.99. The second-order valence-corrected chi connectivity index (χ2v) is 5.94. The molecule has 1 aromatic heterocycles. The van der Waals surface area contributed by atoms with E-state index in [2.05, 4.69) is 4.98 Å². The van der Waals surface area contributed by atoms with Crippen LogP contribution in [-0.4, -0.2) is 9.55 Å². The van der Waals surface area contributed by atoms with Gasteiger partial charge in [-0.25, -0.2) is 4.98 Å². The van der Waals surface area contributed by atoms with E-state index in [9.17, 15) is 0 Å². The Labute approximate surface area is 135 Å². The van der Waals surface area contributed by atoms with Crippen LogP contribution in [0.2, 0.25) is 20.4 Å². The third-order valence-corrected chi connectivity index (χ3v) is 4.26. The van der Waals surface area contributed by atoms with Crippen LogP contribution in [0.5, 0.6) is 0 Å². The second kappa shape index (κ2) is 5.45. The summed E-state index contributed by atoms with van der Waals surface area (Å²) in [6.45, 7) is 0.588. The maximum absolute atomic E-state index is 6.19. The molecule has 0 amide bonds. The smallest absolute Gasteiger partial charge is 0.204 e. The number of rotatable bonds is 2. The quantitative estimate of drug-likeness (QED) is 0.582. The van der Waals surface area contributed by atoms with Crippen molar-refractivity contribution >= 4 is 57.4 Å². The van der Waals surface area contributed by atoms with Crippen molar-refractivity contribution in [3.05, 3.63) is 62.3 Å². The summed E-state index contributed by atoms with van der Waals surface area (Å²) in [6.07, 6.45) is 0. The van der Waals surface area contributed by atoms with E-state index in [0.29, 0.717) is 26.9 Å². The van der Waals surface area contributed by atoms with E-state index in [1.807, 2.05) is 28.8 Å². The molecular weight excluding hydrogens is 338 g/mol. The zero-order valence-corrected chi connectivity index (χ0v) is 13.1. The summed E-state index contributed by atoms with van der Waals surface area (Å²) in [6, 6.07) is 11.1. The highest BCUT2D eigenvalue weighted by Crippen LogP contribution is 2.30. The van der Waals surface area contributed by atoms with Gasteiger partial charge in [-0.05, 0) is 41.4 Å². The molecule has 0 saturated carbocycles. The van der Waals surface area contributed by atoms with Crippen molar-refractivity contribution in [1.29, 1.82) is 0 Å². The fraction of sp³-hybridized carbons (Fsp3) is 0.0714. The van der Waals surface area contributed by atoms with Gasteiger partial charge in [0.05, 0.1) is 27.6 Å². The van der Waals surface area contributed by atoms with Gasteiger partial charge in [-0.1, -0.05) is 46.9 Å². The summed E-state index contributed by atoms with van der Waals surface area (Å²) in [5, 5.41) is 2.04. The van der Waals surface area contributed by atoms with Crippen LogP contribution in [0, 0.1) is 0 Å². The average Bonchev–Trinajstić information content (AvgIpc) is 2.69. The van der Waals surface area contributed by atoms with E-state index in [4.69, 9.17) is 46.4 Å². The number of fused-ring (bicyclic) bond motifs is 1. The molecule has 102 valence electrons. The van der Waals surface area contributed by atoms with Crippen LogP contribution in [0.4, 0.5) is 0 Å². The highest BCUT2D eigenvalue weighted by Gasteiger charge is 2.12. The number of hydrogen-bond acceptors (Lipinski definition) is 1. The van der Waals surface area contributed by atoms with Crippen molar-refractivity contribution in [2.75, 3.05) is 0 Å². The van der Waals surface area contributed by atoms with Gasteiger partial charge in [-0.3, -0.25) is 0 Å². The summed E-state index contributed by atoms with van der Waals surface area (Å²) < 4.78 is 1.88. The first-order chi connectivity index (χ1) is 9.54. The molecule has 0 N–H and O–H groups in total. The minimum Gasteiger partial charge on any atom is -0.310 e. The van der Waals surface area contributed by atoms with Crippen LogP contribution in [0.15, 0.2) is 36.4 Å². The van der Waals surface area contributed by atoms with Gasteiger partial charge in [-0.2, -0.15) is 0 Å². The lowest BCUT2D eigenvalue weighted by molar-refractivity contribution is 0.826. The third-order valence-electron chi connectivity index (χ3n) is 3.00. The lowest BCUT2D eigenvalue weighted by atomic mass is 10.2. The Kier molecular flexibility index (Phi) is 3.83. The van der Waals surface area contributed by atoms with Gasteiger partial charge in [0.15, 0.2) is 0 Å². The first kappa shape index (κ1) is 14.0. The normalized spacial score (nSPS) is 11.2. The molecule has 20 heavy (non-hydrogen) atoms. The monoisotopic (exact) mass is 344 g/mol. The molecule has 0 spiro atoms.